The molecule has 0 aliphatic heterocycles. The molecule has 4 nitrogen and oxygen atoms in total. The lowest BCUT2D eigenvalue weighted by Gasteiger charge is -2.33. The Labute approximate surface area is 121 Å². The minimum Gasteiger partial charge on any atom is -0.329 e. The third kappa shape index (κ3) is 3.81. The fraction of sp³-hybridized carbons (Fsp3) is 0.562. The van der Waals surface area contributed by atoms with Crippen molar-refractivity contribution in [3.63, 3.8) is 0 Å². The van der Waals surface area contributed by atoms with Crippen LogP contribution in [0.5, 0.6) is 0 Å². The van der Waals surface area contributed by atoms with Gasteiger partial charge in [-0.2, -0.15) is 0 Å². The van der Waals surface area contributed by atoms with Crippen molar-refractivity contribution in [3.05, 3.63) is 30.3 Å². The van der Waals surface area contributed by atoms with Gasteiger partial charge in [-0.1, -0.05) is 31.0 Å². The number of nitrogens with two attached hydrogens (primary N) is 1. The number of carbonyl (C=O) groups excluding carboxylic acids is 1. The van der Waals surface area contributed by atoms with Gasteiger partial charge in [-0.3, -0.25) is 9.69 Å². The monoisotopic (exact) mass is 275 g/mol. The van der Waals surface area contributed by atoms with Crippen molar-refractivity contribution in [1.82, 2.24) is 4.90 Å². The van der Waals surface area contributed by atoms with Crippen molar-refractivity contribution in [2.24, 2.45) is 5.73 Å². The molecule has 1 aliphatic rings. The summed E-state index contributed by atoms with van der Waals surface area (Å²) in [6.07, 6.45) is 4.89. The van der Waals surface area contributed by atoms with Crippen LogP contribution in [0.3, 0.4) is 0 Å². The van der Waals surface area contributed by atoms with Crippen LogP contribution in [0.25, 0.3) is 0 Å². The van der Waals surface area contributed by atoms with Gasteiger partial charge in [0.15, 0.2) is 0 Å². The van der Waals surface area contributed by atoms with E-state index in [1.54, 1.807) is 0 Å². The average Bonchev–Trinajstić information content (AvgIpc) is 2.99. The maximum absolute atomic E-state index is 12.4. The largest absolute Gasteiger partial charge is 0.329 e. The molecule has 1 unspecified atom stereocenters. The molecular weight excluding hydrogens is 250 g/mol. The minimum absolute atomic E-state index is 0.0524. The molecule has 0 saturated heterocycles. The van der Waals surface area contributed by atoms with Crippen LogP contribution in [0.1, 0.15) is 32.6 Å². The highest BCUT2D eigenvalue weighted by atomic mass is 16.2. The lowest BCUT2D eigenvalue weighted by molar-refractivity contribution is -0.121. The van der Waals surface area contributed by atoms with E-state index in [-0.39, 0.29) is 11.9 Å². The number of rotatable bonds is 6. The lowest BCUT2D eigenvalue weighted by atomic mass is 10.1. The molecule has 1 amide bonds. The molecule has 1 aliphatic carbocycles. The maximum Gasteiger partial charge on any atom is 0.241 e. The molecule has 20 heavy (non-hydrogen) atoms. The highest BCUT2D eigenvalue weighted by molar-refractivity contribution is 5.94. The van der Waals surface area contributed by atoms with Crippen molar-refractivity contribution in [2.45, 2.75) is 44.7 Å². The second-order valence-corrected chi connectivity index (χ2v) is 5.50. The quantitative estimate of drug-likeness (QED) is 0.837. The first-order valence-electron chi connectivity index (χ1n) is 7.54. The summed E-state index contributed by atoms with van der Waals surface area (Å²) in [5, 5.41) is 2.98. The van der Waals surface area contributed by atoms with Crippen molar-refractivity contribution in [1.29, 1.82) is 0 Å². The molecule has 110 valence electrons. The number of anilines is 1. The predicted molar refractivity (Wildman–Crippen MR) is 82.6 cm³/mol. The van der Waals surface area contributed by atoms with Gasteiger partial charge in [-0.15, -0.1) is 0 Å². The second kappa shape index (κ2) is 7.41. The summed E-state index contributed by atoms with van der Waals surface area (Å²) in [4.78, 5) is 14.7. The topological polar surface area (TPSA) is 58.4 Å². The van der Waals surface area contributed by atoms with Crippen molar-refractivity contribution in [2.75, 3.05) is 18.4 Å². The molecule has 2 rings (SSSR count). The van der Waals surface area contributed by atoms with E-state index in [1.807, 2.05) is 37.3 Å². The van der Waals surface area contributed by atoms with Crippen molar-refractivity contribution >= 4 is 11.6 Å². The fourth-order valence-electron chi connectivity index (χ4n) is 3.00. The van der Waals surface area contributed by atoms with E-state index < -0.39 is 0 Å². The average molecular weight is 275 g/mol. The minimum atomic E-state index is -0.137. The maximum atomic E-state index is 12.4. The molecule has 0 bridgehead atoms. The van der Waals surface area contributed by atoms with Gasteiger partial charge >= 0.3 is 0 Å². The molecule has 1 atom stereocenters. The number of benzene rings is 1. The molecule has 1 fully saturated rings. The van der Waals surface area contributed by atoms with Crippen LogP contribution < -0.4 is 11.1 Å². The second-order valence-electron chi connectivity index (χ2n) is 5.50. The summed E-state index contributed by atoms with van der Waals surface area (Å²) < 4.78 is 0. The van der Waals surface area contributed by atoms with E-state index in [1.165, 1.54) is 25.7 Å². The van der Waals surface area contributed by atoms with Crippen molar-refractivity contribution < 1.29 is 4.79 Å². The highest BCUT2D eigenvalue weighted by Gasteiger charge is 2.29. The summed E-state index contributed by atoms with van der Waals surface area (Å²) in [5.41, 5.74) is 6.56. The molecule has 1 aromatic rings. The van der Waals surface area contributed by atoms with Gasteiger partial charge < -0.3 is 11.1 Å². The molecule has 0 aromatic heterocycles. The molecule has 0 spiro atoms. The van der Waals surface area contributed by atoms with Crippen LogP contribution in [0, 0.1) is 0 Å². The number of nitrogens with zero attached hydrogens (tertiary/aromatic N) is 1. The van der Waals surface area contributed by atoms with Crippen LogP contribution in [-0.2, 0) is 4.79 Å². The molecule has 4 heteroatoms. The van der Waals surface area contributed by atoms with E-state index in [0.29, 0.717) is 12.6 Å². The zero-order valence-corrected chi connectivity index (χ0v) is 12.2. The van der Waals surface area contributed by atoms with Crippen LogP contribution in [0.2, 0.25) is 0 Å². The Kier molecular flexibility index (Phi) is 5.56. The van der Waals surface area contributed by atoms with Gasteiger partial charge in [0, 0.05) is 24.8 Å². The Morgan fingerprint density at radius 1 is 1.35 bits per heavy atom. The predicted octanol–water partition coefficient (Wildman–Crippen LogP) is 2.22. The molecule has 0 heterocycles. The van der Waals surface area contributed by atoms with Crippen LogP contribution in [0.4, 0.5) is 5.69 Å². The van der Waals surface area contributed by atoms with Crippen LogP contribution in [-0.4, -0.2) is 36.0 Å². The lowest BCUT2D eigenvalue weighted by Crippen LogP contribution is -2.48. The smallest absolute Gasteiger partial charge is 0.241 e. The van der Waals surface area contributed by atoms with Gasteiger partial charge in [0.25, 0.3) is 0 Å². The van der Waals surface area contributed by atoms with Gasteiger partial charge in [-0.25, -0.2) is 0 Å². The summed E-state index contributed by atoms with van der Waals surface area (Å²) in [5.74, 6) is 0.0524. The molecule has 0 radical (unpaired) electrons. The van der Waals surface area contributed by atoms with Crippen LogP contribution >= 0.6 is 0 Å². The molecular formula is C16H25N3O. The van der Waals surface area contributed by atoms with Gasteiger partial charge in [-0.05, 0) is 31.9 Å². The number of hydrogen-bond acceptors (Lipinski definition) is 3. The summed E-state index contributed by atoms with van der Waals surface area (Å²) in [7, 11) is 0. The van der Waals surface area contributed by atoms with Crippen LogP contribution in [0.15, 0.2) is 30.3 Å². The molecule has 1 saturated carbocycles. The number of amides is 1. The summed E-state index contributed by atoms with van der Waals surface area (Å²) >= 11 is 0. The SMILES string of the molecule is CC(C(=O)Nc1ccccc1)N(CCN)C1CCCC1. The van der Waals surface area contributed by atoms with E-state index in [0.717, 1.165) is 12.2 Å². The Morgan fingerprint density at radius 3 is 2.60 bits per heavy atom. The first-order chi connectivity index (χ1) is 9.72. The fourth-order valence-corrected chi connectivity index (χ4v) is 3.00. The Hall–Kier alpha value is -1.39. The first-order valence-corrected chi connectivity index (χ1v) is 7.54. The van der Waals surface area contributed by atoms with Gasteiger partial charge in [0.2, 0.25) is 5.91 Å². The molecule has 1 aromatic carbocycles. The number of para-hydroxylation sites is 1. The normalized spacial score (nSPS) is 17.4. The zero-order chi connectivity index (χ0) is 14.4. The number of carbonyl (C=O) groups is 1. The van der Waals surface area contributed by atoms with E-state index in [2.05, 4.69) is 10.2 Å². The Bertz CT molecular complexity index is 415. The van der Waals surface area contributed by atoms with E-state index in [9.17, 15) is 4.79 Å². The molecule has 3 N–H and O–H groups in total. The third-order valence-corrected chi connectivity index (χ3v) is 4.10. The first kappa shape index (κ1) is 15.0. The van der Waals surface area contributed by atoms with E-state index >= 15 is 0 Å². The highest BCUT2D eigenvalue weighted by Crippen LogP contribution is 2.25. The number of hydrogen-bond donors (Lipinski definition) is 2. The van der Waals surface area contributed by atoms with Gasteiger partial charge in [0.1, 0.15) is 0 Å². The van der Waals surface area contributed by atoms with Crippen molar-refractivity contribution in [3.8, 4) is 0 Å². The summed E-state index contributed by atoms with van der Waals surface area (Å²) in [6, 6.07) is 9.99. The standard InChI is InChI=1S/C16H25N3O/c1-13(16(20)18-14-7-3-2-4-8-14)19(12-11-17)15-9-5-6-10-15/h2-4,7-8,13,15H,5-6,9-12,17H2,1H3,(H,18,20). The zero-order valence-electron chi connectivity index (χ0n) is 12.2. The Balaban J connectivity index is 1.98. The Morgan fingerprint density at radius 2 is 2.00 bits per heavy atom. The van der Waals surface area contributed by atoms with E-state index in [4.69, 9.17) is 5.73 Å². The third-order valence-electron chi connectivity index (χ3n) is 4.10. The van der Waals surface area contributed by atoms with Gasteiger partial charge in [0.05, 0.1) is 6.04 Å². The summed E-state index contributed by atoms with van der Waals surface area (Å²) in [6.45, 7) is 3.36. The number of nitrogens with one attached hydrogen (secondary N) is 1.